The van der Waals surface area contributed by atoms with Crippen molar-refractivity contribution in [3.05, 3.63) is 0 Å². The Balaban J connectivity index is 3.90. The minimum absolute atomic E-state index is 0.0205. The van der Waals surface area contributed by atoms with E-state index in [1.54, 1.807) is 0 Å². The second-order valence-corrected chi connectivity index (χ2v) is 7.85. The molecule has 0 aliphatic heterocycles. The van der Waals surface area contributed by atoms with Gasteiger partial charge in [-0.1, -0.05) is 91.4 Å². The molecule has 0 saturated heterocycles. The topological polar surface area (TPSA) is 44.8 Å². The van der Waals surface area contributed by atoms with Crippen LogP contribution in [-0.2, 0) is 19.0 Å². The largest absolute Gasteiger partial charge is 0.463 e. The molecule has 0 amide bonds. The first-order valence-electron chi connectivity index (χ1n) is 12.1. The van der Waals surface area contributed by atoms with Gasteiger partial charge in [-0.25, -0.2) is 0 Å². The van der Waals surface area contributed by atoms with Gasteiger partial charge < -0.3 is 14.2 Å². The third kappa shape index (κ3) is 18.7. The van der Waals surface area contributed by atoms with E-state index in [9.17, 15) is 4.79 Å². The van der Waals surface area contributed by atoms with Gasteiger partial charge in [-0.15, -0.1) is 0 Å². The van der Waals surface area contributed by atoms with Gasteiger partial charge in [0.05, 0.1) is 25.7 Å². The van der Waals surface area contributed by atoms with E-state index in [1.807, 2.05) is 0 Å². The van der Waals surface area contributed by atoms with Gasteiger partial charge in [0, 0.05) is 6.61 Å². The van der Waals surface area contributed by atoms with Gasteiger partial charge in [0.2, 0.25) is 0 Å². The smallest absolute Gasteiger partial charge is 0.309 e. The average molecular weight is 401 g/mol. The fourth-order valence-corrected chi connectivity index (χ4v) is 3.26. The van der Waals surface area contributed by atoms with Crippen molar-refractivity contribution in [2.24, 2.45) is 5.92 Å². The number of rotatable bonds is 22. The average Bonchev–Trinajstić information content (AvgIpc) is 2.70. The van der Waals surface area contributed by atoms with Gasteiger partial charge in [0.1, 0.15) is 6.61 Å². The molecular formula is C24H48O4. The number of hydrogen-bond acceptors (Lipinski definition) is 4. The van der Waals surface area contributed by atoms with Crippen LogP contribution in [0.3, 0.4) is 0 Å². The van der Waals surface area contributed by atoms with Crippen LogP contribution in [0.25, 0.3) is 0 Å². The summed E-state index contributed by atoms with van der Waals surface area (Å²) in [4.78, 5) is 12.5. The van der Waals surface area contributed by atoms with Crippen LogP contribution in [0.4, 0.5) is 0 Å². The summed E-state index contributed by atoms with van der Waals surface area (Å²) in [5.41, 5.74) is 0. The molecule has 168 valence electrons. The van der Waals surface area contributed by atoms with Crippen LogP contribution in [0.5, 0.6) is 0 Å². The molecule has 1 unspecified atom stereocenters. The van der Waals surface area contributed by atoms with Crippen LogP contribution in [0, 0.1) is 5.92 Å². The number of esters is 1. The normalized spacial score (nSPS) is 12.2. The van der Waals surface area contributed by atoms with Gasteiger partial charge in [0.25, 0.3) is 0 Å². The van der Waals surface area contributed by atoms with E-state index in [-0.39, 0.29) is 11.9 Å². The predicted octanol–water partition coefficient (Wildman–Crippen LogP) is 6.70. The lowest BCUT2D eigenvalue weighted by molar-refractivity contribution is -0.150. The van der Waals surface area contributed by atoms with Gasteiger partial charge >= 0.3 is 5.97 Å². The van der Waals surface area contributed by atoms with Crippen molar-refractivity contribution in [2.75, 3.05) is 33.0 Å². The molecule has 0 saturated carbocycles. The molecule has 0 aromatic rings. The lowest BCUT2D eigenvalue weighted by Gasteiger charge is -2.16. The molecule has 0 N–H and O–H groups in total. The lowest BCUT2D eigenvalue weighted by atomic mass is 9.94. The van der Waals surface area contributed by atoms with Gasteiger partial charge in [-0.3, -0.25) is 4.79 Å². The molecule has 0 bridgehead atoms. The minimum atomic E-state index is -0.0205. The number of ether oxygens (including phenoxy) is 3. The van der Waals surface area contributed by atoms with Crippen molar-refractivity contribution >= 4 is 5.97 Å². The fraction of sp³-hybridized carbons (Fsp3) is 0.958. The maximum atomic E-state index is 12.5. The van der Waals surface area contributed by atoms with Crippen LogP contribution in [0.15, 0.2) is 0 Å². The van der Waals surface area contributed by atoms with Crippen molar-refractivity contribution in [1.29, 1.82) is 0 Å². The quantitative estimate of drug-likeness (QED) is 0.150. The van der Waals surface area contributed by atoms with Crippen LogP contribution >= 0.6 is 0 Å². The van der Waals surface area contributed by atoms with E-state index < -0.39 is 0 Å². The number of carbonyl (C=O) groups excluding carboxylic acids is 1. The number of hydrogen-bond donors (Lipinski definition) is 0. The summed E-state index contributed by atoms with van der Waals surface area (Å²) in [5.74, 6) is 0.0493. The Kier molecular flexibility index (Phi) is 22.2. The van der Waals surface area contributed by atoms with Crippen molar-refractivity contribution in [1.82, 2.24) is 0 Å². The third-order valence-electron chi connectivity index (χ3n) is 5.13. The summed E-state index contributed by atoms with van der Waals surface area (Å²) in [6.45, 7) is 9.41. The molecular weight excluding hydrogens is 352 g/mol. The van der Waals surface area contributed by atoms with E-state index in [4.69, 9.17) is 14.2 Å². The zero-order valence-electron chi connectivity index (χ0n) is 19.1. The van der Waals surface area contributed by atoms with E-state index in [0.717, 1.165) is 45.1 Å². The van der Waals surface area contributed by atoms with Crippen LogP contribution in [-0.4, -0.2) is 39.0 Å². The van der Waals surface area contributed by atoms with Gasteiger partial charge in [-0.05, 0) is 19.3 Å². The fourth-order valence-electron chi connectivity index (χ4n) is 3.26. The highest BCUT2D eigenvalue weighted by atomic mass is 16.6. The summed E-state index contributed by atoms with van der Waals surface area (Å²) >= 11 is 0. The van der Waals surface area contributed by atoms with Gasteiger partial charge in [-0.2, -0.15) is 0 Å². The highest BCUT2D eigenvalue weighted by Crippen LogP contribution is 2.20. The number of carbonyl (C=O) groups is 1. The molecule has 0 spiro atoms. The highest BCUT2D eigenvalue weighted by molar-refractivity contribution is 5.72. The first-order valence-corrected chi connectivity index (χ1v) is 12.1. The maximum absolute atomic E-state index is 12.5. The van der Waals surface area contributed by atoms with E-state index >= 15 is 0 Å². The molecule has 0 aliphatic rings. The summed E-state index contributed by atoms with van der Waals surface area (Å²) < 4.78 is 16.4. The second-order valence-electron chi connectivity index (χ2n) is 7.85. The second kappa shape index (κ2) is 22.7. The number of unbranched alkanes of at least 4 members (excludes halogenated alkanes) is 9. The third-order valence-corrected chi connectivity index (χ3v) is 5.13. The minimum Gasteiger partial charge on any atom is -0.463 e. The van der Waals surface area contributed by atoms with E-state index in [1.165, 1.54) is 51.4 Å². The first kappa shape index (κ1) is 27.4. The molecule has 0 fully saturated rings. The zero-order chi connectivity index (χ0) is 20.7. The lowest BCUT2D eigenvalue weighted by Crippen LogP contribution is -2.20. The Morgan fingerprint density at radius 2 is 1.04 bits per heavy atom. The van der Waals surface area contributed by atoms with Gasteiger partial charge in [0.15, 0.2) is 0 Å². The van der Waals surface area contributed by atoms with Crippen LogP contribution in [0.2, 0.25) is 0 Å². The Labute approximate surface area is 175 Å². The predicted molar refractivity (Wildman–Crippen MR) is 118 cm³/mol. The highest BCUT2D eigenvalue weighted by Gasteiger charge is 2.19. The molecule has 0 radical (unpaired) electrons. The summed E-state index contributed by atoms with van der Waals surface area (Å²) in [5, 5.41) is 0. The van der Waals surface area contributed by atoms with Crippen molar-refractivity contribution in [3.8, 4) is 0 Å². The Morgan fingerprint density at radius 3 is 1.64 bits per heavy atom. The van der Waals surface area contributed by atoms with Crippen molar-refractivity contribution in [2.45, 2.75) is 111 Å². The van der Waals surface area contributed by atoms with Crippen LogP contribution < -0.4 is 0 Å². The Bertz CT molecular complexity index is 320. The Hall–Kier alpha value is -0.610. The van der Waals surface area contributed by atoms with Crippen molar-refractivity contribution < 1.29 is 19.0 Å². The summed E-state index contributed by atoms with van der Waals surface area (Å²) in [7, 11) is 0. The summed E-state index contributed by atoms with van der Waals surface area (Å²) in [6, 6.07) is 0. The molecule has 0 aliphatic carbocycles. The SMILES string of the molecule is CCCCCCCCC(CCCCCC)C(=O)OCCOCCOCCCC. The summed E-state index contributed by atoms with van der Waals surface area (Å²) in [6.07, 6.45) is 16.6. The molecule has 28 heavy (non-hydrogen) atoms. The van der Waals surface area contributed by atoms with Crippen LogP contribution in [0.1, 0.15) is 111 Å². The molecule has 0 rings (SSSR count). The molecule has 4 heteroatoms. The van der Waals surface area contributed by atoms with Crippen molar-refractivity contribution in [3.63, 3.8) is 0 Å². The molecule has 0 aromatic heterocycles. The van der Waals surface area contributed by atoms with E-state index in [0.29, 0.717) is 26.4 Å². The molecule has 0 aromatic carbocycles. The molecule has 4 nitrogen and oxygen atoms in total. The maximum Gasteiger partial charge on any atom is 0.309 e. The Morgan fingerprint density at radius 1 is 0.571 bits per heavy atom. The zero-order valence-corrected chi connectivity index (χ0v) is 19.1. The first-order chi connectivity index (χ1) is 13.8. The standard InChI is InChI=1S/C24H48O4/c1-4-7-10-12-13-15-17-23(16-14-11-8-5-2)24(25)28-22-21-27-20-19-26-18-9-6-3/h23H,4-22H2,1-3H3. The van der Waals surface area contributed by atoms with E-state index in [2.05, 4.69) is 20.8 Å². The monoisotopic (exact) mass is 400 g/mol. The molecule has 0 heterocycles. The molecule has 1 atom stereocenters.